The lowest BCUT2D eigenvalue weighted by molar-refractivity contribution is -0.916. The van der Waals surface area contributed by atoms with Crippen LogP contribution in [0.15, 0.2) is 36.5 Å². The van der Waals surface area contributed by atoms with Gasteiger partial charge < -0.3 is 10.2 Å². The van der Waals surface area contributed by atoms with Crippen molar-refractivity contribution in [2.75, 3.05) is 11.9 Å². The highest BCUT2D eigenvalue weighted by atomic mass is 35.5. The Bertz CT molecular complexity index is 773. The number of hydrogen-bond acceptors (Lipinski definition) is 2. The fraction of sp³-hybridized carbons (Fsp3) is 0.400. The van der Waals surface area contributed by atoms with E-state index >= 15 is 0 Å². The van der Waals surface area contributed by atoms with Gasteiger partial charge >= 0.3 is 0 Å². The maximum absolute atomic E-state index is 12.5. The molecule has 0 aliphatic heterocycles. The first kappa shape index (κ1) is 19.2. The predicted molar refractivity (Wildman–Crippen MR) is 106 cm³/mol. The largest absolute Gasteiger partial charge is 0.321 e. The molecule has 0 radical (unpaired) electrons. The molecule has 1 aliphatic carbocycles. The van der Waals surface area contributed by atoms with E-state index in [0.717, 1.165) is 6.54 Å². The van der Waals surface area contributed by atoms with Crippen molar-refractivity contribution >= 4 is 34.9 Å². The molecule has 1 fully saturated rings. The Morgan fingerprint density at radius 3 is 2.54 bits per heavy atom. The lowest BCUT2D eigenvalue weighted by Gasteiger charge is -2.19. The van der Waals surface area contributed by atoms with Gasteiger partial charge in [-0.1, -0.05) is 61.3 Å². The number of nitrogens with one attached hydrogen (secondary N) is 2. The highest BCUT2D eigenvalue weighted by Crippen LogP contribution is 2.22. The lowest BCUT2D eigenvalue weighted by Crippen LogP contribution is -3.13. The second kappa shape index (κ2) is 8.38. The summed E-state index contributed by atoms with van der Waals surface area (Å²) >= 11 is 11.9. The van der Waals surface area contributed by atoms with Gasteiger partial charge in [0.15, 0.2) is 12.4 Å². The summed E-state index contributed by atoms with van der Waals surface area (Å²) in [6, 6.07) is 10.8. The van der Waals surface area contributed by atoms with Crippen LogP contribution in [-0.2, 0) is 11.3 Å². The van der Waals surface area contributed by atoms with Crippen LogP contribution in [0.2, 0.25) is 10.0 Å². The van der Waals surface area contributed by atoms with E-state index in [1.54, 1.807) is 6.07 Å². The van der Waals surface area contributed by atoms with Crippen molar-refractivity contribution in [1.29, 1.82) is 0 Å². The third-order valence-electron chi connectivity index (χ3n) is 4.69. The number of halogens is 2. The van der Waals surface area contributed by atoms with Crippen LogP contribution in [0.5, 0.6) is 0 Å². The summed E-state index contributed by atoms with van der Waals surface area (Å²) in [7, 11) is 0. The number of benzene rings is 1. The number of aromatic nitrogens is 1. The molecule has 2 N–H and O–H groups in total. The average molecular weight is 393 g/mol. The molecule has 1 amide bonds. The molecule has 1 atom stereocenters. The molecule has 1 aromatic heterocycles. The Kier molecular flexibility index (Phi) is 6.17. The van der Waals surface area contributed by atoms with Crippen molar-refractivity contribution in [3.05, 3.63) is 57.7 Å². The van der Waals surface area contributed by atoms with E-state index in [1.165, 1.54) is 35.1 Å². The van der Waals surface area contributed by atoms with E-state index in [0.29, 0.717) is 34.4 Å². The monoisotopic (exact) mass is 392 g/mol. The van der Waals surface area contributed by atoms with E-state index in [9.17, 15) is 4.79 Å². The second-order valence-electron chi connectivity index (χ2n) is 7.21. The molecule has 1 heterocycles. The van der Waals surface area contributed by atoms with E-state index in [4.69, 9.17) is 23.2 Å². The van der Waals surface area contributed by atoms with Gasteiger partial charge in [-0.15, -0.1) is 0 Å². The Hall–Kier alpha value is -1.62. The third kappa shape index (κ3) is 5.19. The summed E-state index contributed by atoms with van der Waals surface area (Å²) in [6.07, 6.45) is 3.82. The first-order valence-corrected chi connectivity index (χ1v) is 9.72. The number of amides is 1. The summed E-state index contributed by atoms with van der Waals surface area (Å²) in [5.74, 6) is 0.804. The molecule has 1 aromatic carbocycles. The minimum absolute atomic E-state index is 0.0811. The van der Waals surface area contributed by atoms with Crippen LogP contribution in [0.25, 0.3) is 0 Å². The number of carbonyl (C=O) groups is 1. The summed E-state index contributed by atoms with van der Waals surface area (Å²) in [5.41, 5.74) is 2.59. The van der Waals surface area contributed by atoms with Gasteiger partial charge in [-0.2, -0.15) is 0 Å². The van der Waals surface area contributed by atoms with Crippen LogP contribution >= 0.6 is 23.2 Å². The Morgan fingerprint density at radius 2 is 1.96 bits per heavy atom. The van der Waals surface area contributed by atoms with Crippen LogP contribution < -0.4 is 10.2 Å². The van der Waals surface area contributed by atoms with Gasteiger partial charge in [0, 0.05) is 24.6 Å². The number of quaternary nitrogens is 1. The number of pyridine rings is 1. The average Bonchev–Trinajstić information content (AvgIpc) is 3.42. The molecule has 26 heavy (non-hydrogen) atoms. The van der Waals surface area contributed by atoms with Crippen molar-refractivity contribution in [3.63, 3.8) is 0 Å². The molecule has 1 saturated carbocycles. The van der Waals surface area contributed by atoms with Gasteiger partial charge in [0.05, 0.1) is 16.1 Å². The molecular formula is C20H24Cl2N3O+. The second-order valence-corrected chi connectivity index (χ2v) is 8.06. The van der Waals surface area contributed by atoms with Gasteiger partial charge in [0.1, 0.15) is 6.54 Å². The standard InChI is InChI=1S/C20H23Cl2N3O/c1-13(2)15-5-3-14(4-6-15)11-25(17-7-8-17)12-19(26)24-20-18(22)9-16(21)10-23-20/h3-6,9-10,13,17H,7-8,11-12H2,1-2H3,(H,23,24,26)/p+1. The first-order valence-electron chi connectivity index (χ1n) is 8.96. The van der Waals surface area contributed by atoms with E-state index in [2.05, 4.69) is 48.4 Å². The molecule has 138 valence electrons. The molecule has 0 bridgehead atoms. The van der Waals surface area contributed by atoms with Crippen molar-refractivity contribution < 1.29 is 9.69 Å². The van der Waals surface area contributed by atoms with Crippen LogP contribution in [0.1, 0.15) is 43.7 Å². The Labute approximate surface area is 164 Å². The molecule has 0 spiro atoms. The Morgan fingerprint density at radius 1 is 1.27 bits per heavy atom. The number of rotatable bonds is 7. The molecule has 3 rings (SSSR count). The van der Waals surface area contributed by atoms with Crippen LogP contribution in [0, 0.1) is 0 Å². The van der Waals surface area contributed by atoms with Gasteiger partial charge in [0.2, 0.25) is 0 Å². The first-order chi connectivity index (χ1) is 12.4. The minimum atomic E-state index is -0.0811. The fourth-order valence-corrected chi connectivity index (χ4v) is 3.44. The summed E-state index contributed by atoms with van der Waals surface area (Å²) in [4.78, 5) is 17.8. The van der Waals surface area contributed by atoms with Crippen molar-refractivity contribution in [3.8, 4) is 0 Å². The molecule has 1 unspecified atom stereocenters. The number of anilines is 1. The van der Waals surface area contributed by atoms with Crippen LogP contribution in [0.3, 0.4) is 0 Å². The summed E-state index contributed by atoms with van der Waals surface area (Å²) < 4.78 is 0. The molecule has 2 aromatic rings. The topological polar surface area (TPSA) is 46.4 Å². The normalized spacial score (nSPS) is 15.1. The molecule has 0 saturated heterocycles. The fourth-order valence-electron chi connectivity index (χ4n) is 3.01. The molecule has 1 aliphatic rings. The van der Waals surface area contributed by atoms with Gasteiger partial charge in [-0.25, -0.2) is 4.98 Å². The lowest BCUT2D eigenvalue weighted by atomic mass is 10.0. The van der Waals surface area contributed by atoms with Gasteiger partial charge in [0.25, 0.3) is 5.91 Å². The van der Waals surface area contributed by atoms with Crippen molar-refractivity contribution in [2.45, 2.75) is 45.2 Å². The zero-order valence-electron chi connectivity index (χ0n) is 15.1. The highest BCUT2D eigenvalue weighted by molar-refractivity contribution is 6.36. The smallest absolute Gasteiger partial charge is 0.280 e. The maximum Gasteiger partial charge on any atom is 0.280 e. The van der Waals surface area contributed by atoms with Crippen molar-refractivity contribution in [2.24, 2.45) is 0 Å². The maximum atomic E-state index is 12.5. The zero-order valence-corrected chi connectivity index (χ0v) is 16.6. The zero-order chi connectivity index (χ0) is 18.7. The van der Waals surface area contributed by atoms with Crippen LogP contribution in [0.4, 0.5) is 5.82 Å². The SMILES string of the molecule is CC(C)c1ccc(C[NH+](CC(=O)Nc2ncc(Cl)cc2Cl)C2CC2)cc1. The number of nitrogens with zero attached hydrogens (tertiary/aromatic N) is 1. The quantitative estimate of drug-likeness (QED) is 0.754. The van der Waals surface area contributed by atoms with Crippen LogP contribution in [-0.4, -0.2) is 23.5 Å². The summed E-state index contributed by atoms with van der Waals surface area (Å²) in [6.45, 7) is 5.63. The molecular weight excluding hydrogens is 369 g/mol. The minimum Gasteiger partial charge on any atom is -0.321 e. The van der Waals surface area contributed by atoms with Gasteiger partial charge in [-0.3, -0.25) is 4.79 Å². The summed E-state index contributed by atoms with van der Waals surface area (Å²) in [5, 5.41) is 3.60. The van der Waals surface area contributed by atoms with E-state index < -0.39 is 0 Å². The van der Waals surface area contributed by atoms with E-state index in [1.807, 2.05) is 0 Å². The highest BCUT2D eigenvalue weighted by Gasteiger charge is 2.34. The molecule has 6 heteroatoms. The van der Waals surface area contributed by atoms with E-state index in [-0.39, 0.29) is 5.91 Å². The Balaban J connectivity index is 1.62. The third-order valence-corrected chi connectivity index (χ3v) is 5.18. The molecule has 4 nitrogen and oxygen atoms in total. The number of carbonyl (C=O) groups excluding carboxylic acids is 1. The number of hydrogen-bond donors (Lipinski definition) is 2. The predicted octanol–water partition coefficient (Wildman–Crippen LogP) is 3.70. The van der Waals surface area contributed by atoms with Gasteiger partial charge in [-0.05, 0) is 17.5 Å². The van der Waals surface area contributed by atoms with Crippen molar-refractivity contribution in [1.82, 2.24) is 4.98 Å².